The van der Waals surface area contributed by atoms with Crippen LogP contribution in [0.2, 0.25) is 0 Å². The minimum atomic E-state index is -0.614. The number of esters is 3. The van der Waals surface area contributed by atoms with Crippen molar-refractivity contribution in [1.29, 1.82) is 0 Å². The molecule has 0 aliphatic heterocycles. The molecule has 17 nitrogen and oxygen atoms in total. The summed E-state index contributed by atoms with van der Waals surface area (Å²) >= 11 is 11.0. The molecule has 0 bridgehead atoms. The summed E-state index contributed by atoms with van der Waals surface area (Å²) in [6, 6.07) is 0. The lowest BCUT2D eigenvalue weighted by Crippen LogP contribution is -2.33. The average Bonchev–Trinajstić information content (AvgIpc) is 3.13. The number of carbonyl (C=O) groups is 5. The number of alkyl halides is 2. The van der Waals surface area contributed by atoms with Gasteiger partial charge in [0.2, 0.25) is 0 Å². The molecule has 19 heteroatoms. The molecule has 2 N–H and O–H groups in total. The van der Waals surface area contributed by atoms with E-state index in [2.05, 4.69) is 15.4 Å². The molecule has 0 saturated heterocycles. The molecule has 312 valence electrons. The van der Waals surface area contributed by atoms with Crippen molar-refractivity contribution >= 4 is 53.3 Å². The van der Waals surface area contributed by atoms with E-state index in [1.807, 2.05) is 0 Å². The summed E-state index contributed by atoms with van der Waals surface area (Å²) in [4.78, 5) is 55.7. The molecule has 0 aromatic heterocycles. The summed E-state index contributed by atoms with van der Waals surface area (Å²) in [6.45, 7) is 7.89. The third-order valence-corrected chi connectivity index (χ3v) is 6.53. The van der Waals surface area contributed by atoms with E-state index in [0.717, 1.165) is 38.2 Å². The third-order valence-electron chi connectivity index (χ3n) is 6.11. The van der Waals surface area contributed by atoms with E-state index >= 15 is 0 Å². The van der Waals surface area contributed by atoms with Gasteiger partial charge in [0, 0.05) is 58.4 Å². The minimum Gasteiger partial charge on any atom is -0.463 e. The van der Waals surface area contributed by atoms with Crippen LogP contribution < -0.4 is 10.6 Å². The number of unbranched alkanes of at least 4 members (excludes halogenated alkanes) is 3. The lowest BCUT2D eigenvalue weighted by atomic mass is 10.2. The molecule has 2 amide bonds. The van der Waals surface area contributed by atoms with Crippen molar-refractivity contribution in [3.05, 3.63) is 0 Å². The maximum absolute atomic E-state index is 11.7. The highest BCUT2D eigenvalue weighted by Crippen LogP contribution is 2.01. The van der Waals surface area contributed by atoms with Gasteiger partial charge in [0.05, 0.1) is 52.8 Å². The summed E-state index contributed by atoms with van der Waals surface area (Å²) < 4.78 is 50.9. The fourth-order valence-electron chi connectivity index (χ4n) is 3.61. The molecule has 0 aliphatic carbocycles. The van der Waals surface area contributed by atoms with Crippen LogP contribution in [0.4, 0.5) is 9.59 Å². The van der Waals surface area contributed by atoms with Gasteiger partial charge in [-0.2, -0.15) is 0 Å². The van der Waals surface area contributed by atoms with Gasteiger partial charge in [-0.05, 0) is 32.6 Å². The summed E-state index contributed by atoms with van der Waals surface area (Å²) in [7, 11) is 1.45. The Kier molecular flexibility index (Phi) is 41.6. The van der Waals surface area contributed by atoms with Crippen LogP contribution in [0.25, 0.3) is 0 Å². The zero-order valence-electron chi connectivity index (χ0n) is 31.6. The number of rotatable bonds is 34. The summed E-state index contributed by atoms with van der Waals surface area (Å²) in [6.07, 6.45) is 4.53. The highest BCUT2D eigenvalue weighted by molar-refractivity contribution is 6.18. The van der Waals surface area contributed by atoms with Crippen LogP contribution in [0.15, 0.2) is 0 Å². The molecule has 0 saturated carbocycles. The molecule has 0 aliphatic rings. The van der Waals surface area contributed by atoms with E-state index in [4.69, 9.17) is 65.8 Å². The number of amides is 2. The van der Waals surface area contributed by atoms with Crippen LogP contribution in [0, 0.1) is 0 Å². The van der Waals surface area contributed by atoms with E-state index in [1.54, 1.807) is 6.92 Å². The fourth-order valence-corrected chi connectivity index (χ4v) is 3.91. The van der Waals surface area contributed by atoms with Crippen LogP contribution in [-0.4, -0.2) is 154 Å². The molecule has 0 heterocycles. The van der Waals surface area contributed by atoms with Crippen LogP contribution in [-0.2, 0) is 61.8 Å². The largest absolute Gasteiger partial charge is 0.463 e. The van der Waals surface area contributed by atoms with Crippen molar-refractivity contribution in [2.24, 2.45) is 0 Å². The van der Waals surface area contributed by atoms with Crippen LogP contribution in [0.3, 0.4) is 0 Å². The van der Waals surface area contributed by atoms with Gasteiger partial charge in [-0.15, -0.1) is 23.2 Å². The zero-order valence-corrected chi connectivity index (χ0v) is 33.1. The van der Waals surface area contributed by atoms with Gasteiger partial charge in [0.1, 0.15) is 32.5 Å². The van der Waals surface area contributed by atoms with Gasteiger partial charge in [0.15, 0.2) is 0 Å². The van der Waals surface area contributed by atoms with Crippen LogP contribution in [0.1, 0.15) is 65.2 Å². The monoisotopic (exact) mass is 808 g/mol. The summed E-state index contributed by atoms with van der Waals surface area (Å²) in [5.74, 6) is 0.132. The van der Waals surface area contributed by atoms with E-state index in [9.17, 15) is 24.0 Å². The Balaban J connectivity index is 0. The lowest BCUT2D eigenvalue weighted by molar-refractivity contribution is -0.146. The topological polar surface area (TPSA) is 202 Å². The van der Waals surface area contributed by atoms with Crippen molar-refractivity contribution in [2.45, 2.75) is 71.3 Å². The lowest BCUT2D eigenvalue weighted by Gasteiger charge is -2.13. The predicted octanol–water partition coefficient (Wildman–Crippen LogP) is 3.77. The standard InChI is InChI=1S/C24H44ClNO10.C10H18ClNO5/c1-21(36-22(2)27)20-26-24(29)35-19-17-33-15-14-32-16-18-34-23(28)8-7-11-31-13-12-30-10-6-4-3-5-9-25;1-12-10(14)17-8-7-16-9(13)3-2-5-15-6-4-11/h21H,3-20H2,1-2H3,(H,26,29);2-8H2,1H3,(H,12,14). The second-order valence-corrected chi connectivity index (χ2v) is 11.6. The van der Waals surface area contributed by atoms with Crippen LogP contribution in [0.5, 0.6) is 0 Å². The van der Waals surface area contributed by atoms with E-state index in [-0.39, 0.29) is 64.5 Å². The second-order valence-electron chi connectivity index (χ2n) is 10.8. The molecule has 0 rings (SSSR count). The molecule has 0 fully saturated rings. The first-order valence-corrected chi connectivity index (χ1v) is 19.0. The van der Waals surface area contributed by atoms with Gasteiger partial charge in [-0.3, -0.25) is 14.4 Å². The van der Waals surface area contributed by atoms with E-state index < -0.39 is 24.3 Å². The zero-order chi connectivity index (χ0) is 39.6. The van der Waals surface area contributed by atoms with Crippen molar-refractivity contribution < 1.29 is 71.3 Å². The fraction of sp³-hybridized carbons (Fsp3) is 0.853. The van der Waals surface area contributed by atoms with Crippen molar-refractivity contribution in [2.75, 3.05) is 118 Å². The van der Waals surface area contributed by atoms with E-state index in [0.29, 0.717) is 71.4 Å². The Bertz CT molecular complexity index is 906. The Morgan fingerprint density at radius 2 is 0.943 bits per heavy atom. The highest BCUT2D eigenvalue weighted by atomic mass is 35.5. The minimum absolute atomic E-state index is 0.0498. The number of hydrogen-bond donors (Lipinski definition) is 2. The molecule has 1 atom stereocenters. The number of alkyl carbamates (subject to hydrolysis) is 2. The number of carbonyl (C=O) groups excluding carboxylic acids is 5. The molecular formula is C34H62Cl2N2O15. The number of halogens is 2. The van der Waals surface area contributed by atoms with Gasteiger partial charge < -0.3 is 58.0 Å². The summed E-state index contributed by atoms with van der Waals surface area (Å²) in [5.41, 5.74) is 0. The normalized spacial score (nSPS) is 11.0. The third kappa shape index (κ3) is 45.4. The quantitative estimate of drug-likeness (QED) is 0.0412. The van der Waals surface area contributed by atoms with Crippen molar-refractivity contribution in [3.63, 3.8) is 0 Å². The van der Waals surface area contributed by atoms with Crippen molar-refractivity contribution in [3.8, 4) is 0 Å². The van der Waals surface area contributed by atoms with Gasteiger partial charge in [0.25, 0.3) is 0 Å². The Hall–Kier alpha value is -2.67. The maximum atomic E-state index is 11.7. The molecule has 0 spiro atoms. The first kappa shape index (κ1) is 52.4. The van der Waals surface area contributed by atoms with Gasteiger partial charge >= 0.3 is 30.1 Å². The second kappa shape index (κ2) is 42.1. The van der Waals surface area contributed by atoms with E-state index in [1.165, 1.54) is 14.0 Å². The maximum Gasteiger partial charge on any atom is 0.407 e. The number of ether oxygens (including phenoxy) is 10. The molecule has 0 aromatic rings. The number of nitrogens with one attached hydrogen (secondary N) is 2. The SMILES string of the molecule is CC(=O)OC(C)CNC(=O)OCCOCCOCCOC(=O)CCCOCCOCCCCCCCl.CNC(=O)OCCOC(=O)CCCOCCCl. The Morgan fingerprint density at radius 1 is 0.509 bits per heavy atom. The smallest absolute Gasteiger partial charge is 0.407 e. The molecule has 53 heavy (non-hydrogen) atoms. The number of hydrogen-bond acceptors (Lipinski definition) is 15. The summed E-state index contributed by atoms with van der Waals surface area (Å²) in [5, 5.41) is 4.76. The molecule has 0 radical (unpaired) electrons. The predicted molar refractivity (Wildman–Crippen MR) is 195 cm³/mol. The average molecular weight is 810 g/mol. The first-order valence-electron chi connectivity index (χ1n) is 17.9. The van der Waals surface area contributed by atoms with Crippen LogP contribution >= 0.6 is 23.2 Å². The Morgan fingerprint density at radius 3 is 1.47 bits per heavy atom. The first-order chi connectivity index (χ1) is 25.7. The Labute approximate surface area is 323 Å². The van der Waals surface area contributed by atoms with Gasteiger partial charge in [-0.1, -0.05) is 12.8 Å². The van der Waals surface area contributed by atoms with Crippen molar-refractivity contribution in [1.82, 2.24) is 10.6 Å². The molecular weight excluding hydrogens is 747 g/mol. The highest BCUT2D eigenvalue weighted by Gasteiger charge is 2.09. The molecule has 1 unspecified atom stereocenters. The molecule has 0 aromatic carbocycles. The van der Waals surface area contributed by atoms with Gasteiger partial charge in [-0.25, -0.2) is 9.59 Å².